The molecule has 1 amide bonds. The Kier molecular flexibility index (Phi) is 5.74. The summed E-state index contributed by atoms with van der Waals surface area (Å²) in [7, 11) is -0.0492. The molecule has 2 rings (SSSR count). The lowest BCUT2D eigenvalue weighted by atomic mass is 10.2. The average Bonchev–Trinajstić information content (AvgIpc) is 2.46. The molecule has 0 radical (unpaired) electrons. The molecular formula is C16H16Cl2N2O3S. The number of hydrogen-bond donors (Lipinski definition) is 1. The largest absolute Gasteiger partial charge is 0.376 e. The van der Waals surface area contributed by atoms with Gasteiger partial charge >= 0.3 is 0 Å². The maximum absolute atomic E-state index is 12.2. The first-order valence-corrected chi connectivity index (χ1v) is 9.35. The smallest absolute Gasteiger partial charge is 0.239 e. The van der Waals surface area contributed by atoms with Gasteiger partial charge in [-0.15, -0.1) is 0 Å². The minimum absolute atomic E-state index is 0.0445. The van der Waals surface area contributed by atoms with Crippen LogP contribution in [0.1, 0.15) is 0 Å². The number of carbonyl (C=O) groups excluding carboxylic acids is 1. The van der Waals surface area contributed by atoms with E-state index in [1.807, 2.05) is 19.0 Å². The lowest BCUT2D eigenvalue weighted by molar-refractivity contribution is -0.113. The van der Waals surface area contributed by atoms with E-state index in [0.717, 1.165) is 5.69 Å². The second kappa shape index (κ2) is 7.42. The van der Waals surface area contributed by atoms with Crippen molar-refractivity contribution in [2.75, 3.05) is 30.1 Å². The minimum atomic E-state index is -3.74. The van der Waals surface area contributed by atoms with Crippen LogP contribution < -0.4 is 10.2 Å². The van der Waals surface area contributed by atoms with Crippen molar-refractivity contribution in [3.05, 3.63) is 52.5 Å². The molecule has 0 bridgehead atoms. The number of hydrogen-bond acceptors (Lipinski definition) is 4. The molecule has 0 spiro atoms. The van der Waals surface area contributed by atoms with E-state index < -0.39 is 21.5 Å². The molecule has 0 atom stereocenters. The Morgan fingerprint density at radius 3 is 2.25 bits per heavy atom. The maximum Gasteiger partial charge on any atom is 0.239 e. The molecule has 0 aliphatic rings. The number of halogens is 2. The highest BCUT2D eigenvalue weighted by Crippen LogP contribution is 2.27. The first kappa shape index (κ1) is 18.6. The number of benzene rings is 2. The van der Waals surface area contributed by atoms with Crippen LogP contribution in [0.2, 0.25) is 10.0 Å². The van der Waals surface area contributed by atoms with Crippen molar-refractivity contribution in [1.82, 2.24) is 0 Å². The molecule has 0 aliphatic heterocycles. The molecule has 0 heterocycles. The van der Waals surface area contributed by atoms with Crippen molar-refractivity contribution in [1.29, 1.82) is 0 Å². The van der Waals surface area contributed by atoms with Crippen molar-refractivity contribution < 1.29 is 13.2 Å². The summed E-state index contributed by atoms with van der Waals surface area (Å²) >= 11 is 11.9. The third kappa shape index (κ3) is 4.63. The predicted octanol–water partition coefficient (Wildman–Crippen LogP) is 3.47. The van der Waals surface area contributed by atoms with E-state index in [1.54, 1.807) is 18.2 Å². The van der Waals surface area contributed by atoms with Gasteiger partial charge in [-0.3, -0.25) is 4.79 Å². The first-order valence-electron chi connectivity index (χ1n) is 6.94. The molecule has 0 aromatic heterocycles. The third-order valence-electron chi connectivity index (χ3n) is 3.21. The molecule has 24 heavy (non-hydrogen) atoms. The number of amides is 1. The topological polar surface area (TPSA) is 66.5 Å². The van der Waals surface area contributed by atoms with Crippen molar-refractivity contribution in [2.45, 2.75) is 4.90 Å². The van der Waals surface area contributed by atoms with Gasteiger partial charge in [0, 0.05) is 24.8 Å². The van der Waals surface area contributed by atoms with Crippen LogP contribution in [0.15, 0.2) is 47.4 Å². The standard InChI is InChI=1S/C16H16Cl2N2O3S/c1-20(2)15-8-5-12(9-14(15)18)19-16(21)10-24(22,23)13-6-3-11(17)4-7-13/h3-9H,10H2,1-2H3,(H,19,21). The summed E-state index contributed by atoms with van der Waals surface area (Å²) in [6, 6.07) is 10.6. The highest BCUT2D eigenvalue weighted by atomic mass is 35.5. The molecule has 5 nitrogen and oxygen atoms in total. The molecule has 0 unspecified atom stereocenters. The van der Waals surface area contributed by atoms with Gasteiger partial charge in [-0.1, -0.05) is 23.2 Å². The van der Waals surface area contributed by atoms with E-state index in [2.05, 4.69) is 5.32 Å². The van der Waals surface area contributed by atoms with Crippen molar-refractivity contribution in [3.8, 4) is 0 Å². The molecule has 0 fully saturated rings. The number of sulfone groups is 1. The predicted molar refractivity (Wildman–Crippen MR) is 97.9 cm³/mol. The van der Waals surface area contributed by atoms with Crippen LogP contribution in [0.4, 0.5) is 11.4 Å². The summed E-state index contributed by atoms with van der Waals surface area (Å²) in [6.45, 7) is 0. The molecule has 0 aliphatic carbocycles. The summed E-state index contributed by atoms with van der Waals surface area (Å²) in [6.07, 6.45) is 0. The van der Waals surface area contributed by atoms with Gasteiger partial charge in [0.25, 0.3) is 0 Å². The van der Waals surface area contributed by atoms with Gasteiger partial charge in [0.1, 0.15) is 5.75 Å². The summed E-state index contributed by atoms with van der Waals surface area (Å²) in [5.74, 6) is -1.31. The van der Waals surface area contributed by atoms with Gasteiger partial charge < -0.3 is 10.2 Å². The van der Waals surface area contributed by atoms with E-state index in [-0.39, 0.29) is 4.90 Å². The van der Waals surface area contributed by atoms with Crippen LogP contribution in [0.25, 0.3) is 0 Å². The Morgan fingerprint density at radius 2 is 1.71 bits per heavy atom. The fourth-order valence-electron chi connectivity index (χ4n) is 2.04. The molecule has 8 heteroatoms. The maximum atomic E-state index is 12.2. The number of anilines is 2. The summed E-state index contributed by atoms with van der Waals surface area (Å²) in [4.78, 5) is 13.9. The van der Waals surface area contributed by atoms with Gasteiger partial charge in [0.2, 0.25) is 5.91 Å². The van der Waals surface area contributed by atoms with Gasteiger partial charge in [-0.25, -0.2) is 8.42 Å². The van der Waals surface area contributed by atoms with E-state index in [4.69, 9.17) is 23.2 Å². The Morgan fingerprint density at radius 1 is 1.08 bits per heavy atom. The number of nitrogens with one attached hydrogen (secondary N) is 1. The number of rotatable bonds is 5. The second-order valence-corrected chi connectivity index (χ2v) is 8.16. The Balaban J connectivity index is 2.10. The zero-order valence-electron chi connectivity index (χ0n) is 13.1. The van der Waals surface area contributed by atoms with Gasteiger partial charge in [-0.2, -0.15) is 0 Å². The minimum Gasteiger partial charge on any atom is -0.376 e. The number of carbonyl (C=O) groups is 1. The van der Waals surface area contributed by atoms with Crippen molar-refractivity contribution in [3.63, 3.8) is 0 Å². The van der Waals surface area contributed by atoms with Crippen LogP contribution in [0.3, 0.4) is 0 Å². The Hall–Kier alpha value is -1.76. The molecular weight excluding hydrogens is 371 g/mol. The lowest BCUT2D eigenvalue weighted by Crippen LogP contribution is -2.23. The molecule has 2 aromatic carbocycles. The highest BCUT2D eigenvalue weighted by Gasteiger charge is 2.19. The summed E-state index contributed by atoms with van der Waals surface area (Å²) in [5.41, 5.74) is 1.23. The SMILES string of the molecule is CN(C)c1ccc(NC(=O)CS(=O)(=O)c2ccc(Cl)cc2)cc1Cl. The van der Waals surface area contributed by atoms with E-state index in [9.17, 15) is 13.2 Å². The van der Waals surface area contributed by atoms with Crippen LogP contribution in [0, 0.1) is 0 Å². The normalized spacial score (nSPS) is 11.2. The molecule has 128 valence electrons. The van der Waals surface area contributed by atoms with E-state index in [0.29, 0.717) is 15.7 Å². The second-order valence-electron chi connectivity index (χ2n) is 5.32. The Labute approximate surface area is 151 Å². The monoisotopic (exact) mass is 386 g/mol. The quantitative estimate of drug-likeness (QED) is 0.853. The van der Waals surface area contributed by atoms with Crippen LogP contribution in [-0.4, -0.2) is 34.2 Å². The van der Waals surface area contributed by atoms with Crippen LogP contribution in [0.5, 0.6) is 0 Å². The third-order valence-corrected chi connectivity index (χ3v) is 5.39. The van der Waals surface area contributed by atoms with Gasteiger partial charge in [0.15, 0.2) is 9.84 Å². The average molecular weight is 387 g/mol. The molecule has 0 saturated carbocycles. The lowest BCUT2D eigenvalue weighted by Gasteiger charge is -2.15. The van der Waals surface area contributed by atoms with Gasteiger partial charge in [0.05, 0.1) is 15.6 Å². The van der Waals surface area contributed by atoms with Gasteiger partial charge in [-0.05, 0) is 42.5 Å². The molecule has 1 N–H and O–H groups in total. The zero-order chi connectivity index (χ0) is 17.9. The molecule has 2 aromatic rings. The van der Waals surface area contributed by atoms with Crippen molar-refractivity contribution >= 4 is 50.3 Å². The highest BCUT2D eigenvalue weighted by molar-refractivity contribution is 7.92. The van der Waals surface area contributed by atoms with E-state index in [1.165, 1.54) is 24.3 Å². The first-order chi connectivity index (χ1) is 11.2. The summed E-state index contributed by atoms with van der Waals surface area (Å²) in [5, 5.41) is 3.42. The molecule has 0 saturated heterocycles. The fraction of sp³-hybridized carbons (Fsp3) is 0.188. The van der Waals surface area contributed by atoms with Crippen molar-refractivity contribution in [2.24, 2.45) is 0 Å². The number of nitrogens with zero attached hydrogens (tertiary/aromatic N) is 1. The van der Waals surface area contributed by atoms with E-state index >= 15 is 0 Å². The van der Waals surface area contributed by atoms with Crippen LogP contribution in [-0.2, 0) is 14.6 Å². The van der Waals surface area contributed by atoms with Crippen LogP contribution >= 0.6 is 23.2 Å². The zero-order valence-corrected chi connectivity index (χ0v) is 15.4. The summed E-state index contributed by atoms with van der Waals surface area (Å²) < 4.78 is 24.4. The fourth-order valence-corrected chi connectivity index (χ4v) is 3.65. The Bertz CT molecular complexity index is 850.